The summed E-state index contributed by atoms with van der Waals surface area (Å²) >= 11 is 0. The maximum absolute atomic E-state index is 12.9. The highest BCUT2D eigenvalue weighted by molar-refractivity contribution is 6.08. The van der Waals surface area contributed by atoms with Crippen LogP contribution < -0.4 is 5.32 Å². The summed E-state index contributed by atoms with van der Waals surface area (Å²) in [6.07, 6.45) is 8.41. The SMILES string of the molecule is O=C(Cn1cc(C=NN2C(=O)C3C4C=CC(C4)C3C2=O)c2ccccc21)Nc1ccccc1. The van der Waals surface area contributed by atoms with Gasteiger partial charge in [0.15, 0.2) is 0 Å². The summed E-state index contributed by atoms with van der Waals surface area (Å²) in [6, 6.07) is 17.0. The Labute approximate surface area is 190 Å². The maximum Gasteiger partial charge on any atom is 0.254 e. The van der Waals surface area contributed by atoms with Crippen LogP contribution in [-0.4, -0.2) is 33.5 Å². The third-order valence-corrected chi connectivity index (χ3v) is 6.95. The van der Waals surface area contributed by atoms with Crippen LogP contribution in [-0.2, 0) is 20.9 Å². The molecule has 4 unspecified atom stereocenters. The lowest BCUT2D eigenvalue weighted by Gasteiger charge is -2.13. The van der Waals surface area contributed by atoms with Gasteiger partial charge in [-0.3, -0.25) is 14.4 Å². The first-order valence-electron chi connectivity index (χ1n) is 11.1. The largest absolute Gasteiger partial charge is 0.337 e. The van der Waals surface area contributed by atoms with E-state index < -0.39 is 0 Å². The zero-order chi connectivity index (χ0) is 22.5. The number of benzene rings is 2. The van der Waals surface area contributed by atoms with Crippen molar-refractivity contribution in [3.8, 4) is 0 Å². The standard InChI is InChI=1S/C26H22N4O3/c31-22(28-19-6-2-1-3-7-19)15-29-14-18(20-8-4-5-9-21(20)29)13-27-30-25(32)23-16-10-11-17(12-16)24(23)26(30)33/h1-11,13-14,16-17,23-24H,12,15H2,(H,28,31). The van der Waals surface area contributed by atoms with Crippen LogP contribution in [0.4, 0.5) is 5.69 Å². The Morgan fingerprint density at radius 1 is 0.970 bits per heavy atom. The van der Waals surface area contributed by atoms with Crippen molar-refractivity contribution in [3.05, 3.63) is 78.5 Å². The minimum absolute atomic E-state index is 0.129. The van der Waals surface area contributed by atoms with Crippen LogP contribution in [0.15, 0.2) is 78.0 Å². The first-order chi connectivity index (χ1) is 16.1. The fraction of sp³-hybridized carbons (Fsp3) is 0.231. The van der Waals surface area contributed by atoms with E-state index in [1.807, 2.05) is 65.4 Å². The molecule has 1 aromatic heterocycles. The Bertz CT molecular complexity index is 1310. The van der Waals surface area contributed by atoms with Crippen LogP contribution in [0, 0.1) is 23.7 Å². The van der Waals surface area contributed by atoms with Crippen LogP contribution in [0.5, 0.6) is 0 Å². The molecule has 7 heteroatoms. The third kappa shape index (κ3) is 3.19. The Hall–Kier alpha value is -4.00. The number of hydrogen-bond acceptors (Lipinski definition) is 4. The highest BCUT2D eigenvalue weighted by atomic mass is 16.2. The molecule has 2 aliphatic carbocycles. The highest BCUT2D eigenvalue weighted by Crippen LogP contribution is 2.52. The number of fused-ring (bicyclic) bond motifs is 6. The predicted molar refractivity (Wildman–Crippen MR) is 124 cm³/mol. The summed E-state index contributed by atoms with van der Waals surface area (Å²) in [5.74, 6) is -0.789. The number of nitrogens with zero attached hydrogens (tertiary/aromatic N) is 3. The number of hydrazone groups is 1. The molecule has 2 fully saturated rings. The number of nitrogens with one attached hydrogen (secondary N) is 1. The molecule has 2 heterocycles. The van der Waals surface area contributed by atoms with Gasteiger partial charge in [-0.2, -0.15) is 10.1 Å². The number of rotatable bonds is 5. The Morgan fingerprint density at radius 2 is 1.64 bits per heavy atom. The van der Waals surface area contributed by atoms with Crippen LogP contribution >= 0.6 is 0 Å². The first kappa shape index (κ1) is 19.7. The number of carbonyl (C=O) groups is 3. The molecule has 0 spiro atoms. The third-order valence-electron chi connectivity index (χ3n) is 6.95. The maximum atomic E-state index is 12.9. The quantitative estimate of drug-likeness (QED) is 0.376. The zero-order valence-corrected chi connectivity index (χ0v) is 17.8. The van der Waals surface area contributed by atoms with Gasteiger partial charge < -0.3 is 9.88 Å². The lowest BCUT2D eigenvalue weighted by molar-refractivity contribution is -0.140. The average Bonchev–Trinajstić information content (AvgIpc) is 3.57. The van der Waals surface area contributed by atoms with Crippen molar-refractivity contribution in [2.45, 2.75) is 13.0 Å². The first-order valence-corrected chi connectivity index (χ1v) is 11.1. The van der Waals surface area contributed by atoms with E-state index in [9.17, 15) is 14.4 Å². The number of anilines is 1. The van der Waals surface area contributed by atoms with Gasteiger partial charge >= 0.3 is 0 Å². The van der Waals surface area contributed by atoms with Crippen LogP contribution in [0.3, 0.4) is 0 Å². The Balaban J connectivity index is 1.25. The van der Waals surface area contributed by atoms with Crippen molar-refractivity contribution in [1.29, 1.82) is 0 Å². The second-order valence-corrected chi connectivity index (χ2v) is 8.88. The van der Waals surface area contributed by atoms with E-state index in [4.69, 9.17) is 0 Å². The summed E-state index contributed by atoms with van der Waals surface area (Å²) in [4.78, 5) is 38.4. The lowest BCUT2D eigenvalue weighted by atomic mass is 9.85. The fourth-order valence-electron chi connectivity index (χ4n) is 5.51. The molecular formula is C26H22N4O3. The zero-order valence-electron chi connectivity index (χ0n) is 17.8. The van der Waals surface area contributed by atoms with Crippen molar-refractivity contribution in [2.75, 3.05) is 5.32 Å². The summed E-state index contributed by atoms with van der Waals surface area (Å²) < 4.78 is 1.85. The van der Waals surface area contributed by atoms with Crippen molar-refractivity contribution in [3.63, 3.8) is 0 Å². The molecule has 3 amide bonds. The van der Waals surface area contributed by atoms with Gasteiger partial charge in [0, 0.05) is 28.4 Å². The smallest absolute Gasteiger partial charge is 0.254 e. The minimum atomic E-state index is -0.271. The lowest BCUT2D eigenvalue weighted by Crippen LogP contribution is -2.28. The van der Waals surface area contributed by atoms with Crippen molar-refractivity contribution in [1.82, 2.24) is 9.58 Å². The molecule has 6 rings (SSSR count). The van der Waals surface area contributed by atoms with Gasteiger partial charge in [-0.25, -0.2) is 0 Å². The number of allylic oxidation sites excluding steroid dienone is 2. The van der Waals surface area contributed by atoms with Gasteiger partial charge in [-0.1, -0.05) is 48.6 Å². The summed E-state index contributed by atoms with van der Waals surface area (Å²) in [7, 11) is 0. The molecule has 3 aromatic rings. The van der Waals surface area contributed by atoms with Crippen LogP contribution in [0.2, 0.25) is 0 Å². The van der Waals surface area contributed by atoms with Gasteiger partial charge in [0.1, 0.15) is 6.54 Å². The number of amides is 3. The monoisotopic (exact) mass is 438 g/mol. The van der Waals surface area contributed by atoms with E-state index in [0.717, 1.165) is 33.6 Å². The minimum Gasteiger partial charge on any atom is -0.337 e. The summed E-state index contributed by atoms with van der Waals surface area (Å²) in [5, 5.41) is 9.15. The molecular weight excluding hydrogens is 416 g/mol. The Kier molecular flexibility index (Phi) is 4.50. The van der Waals surface area contributed by atoms with Gasteiger partial charge in [0.05, 0.1) is 18.1 Å². The van der Waals surface area contributed by atoms with Gasteiger partial charge in [-0.15, -0.1) is 0 Å². The van der Waals surface area contributed by atoms with Crippen molar-refractivity contribution >= 4 is 40.5 Å². The van der Waals surface area contributed by atoms with Gasteiger partial charge in [0.25, 0.3) is 11.8 Å². The number of hydrogen-bond donors (Lipinski definition) is 1. The summed E-state index contributed by atoms with van der Waals surface area (Å²) in [6.45, 7) is 0.129. The average molecular weight is 438 g/mol. The fourth-order valence-corrected chi connectivity index (χ4v) is 5.51. The topological polar surface area (TPSA) is 83.8 Å². The normalized spacial score (nSPS) is 25.5. The second kappa shape index (κ2) is 7.55. The molecule has 1 aliphatic heterocycles. The van der Waals surface area contributed by atoms with E-state index in [2.05, 4.69) is 22.6 Å². The predicted octanol–water partition coefficient (Wildman–Crippen LogP) is 3.42. The number of imide groups is 1. The Morgan fingerprint density at radius 3 is 2.36 bits per heavy atom. The number of aromatic nitrogens is 1. The second-order valence-electron chi connectivity index (χ2n) is 8.88. The number of carbonyl (C=O) groups excluding carboxylic acids is 3. The van der Waals surface area contributed by atoms with Crippen LogP contribution in [0.1, 0.15) is 12.0 Å². The molecule has 1 saturated carbocycles. The molecule has 2 bridgehead atoms. The highest BCUT2D eigenvalue weighted by Gasteiger charge is 2.59. The van der Waals surface area contributed by atoms with Crippen molar-refractivity contribution < 1.29 is 14.4 Å². The molecule has 7 nitrogen and oxygen atoms in total. The molecule has 1 saturated heterocycles. The van der Waals surface area contributed by atoms with E-state index in [0.29, 0.717) is 0 Å². The molecule has 1 N–H and O–H groups in total. The molecule has 164 valence electrons. The van der Waals surface area contributed by atoms with E-state index in [1.165, 1.54) is 0 Å². The van der Waals surface area contributed by atoms with Crippen LogP contribution in [0.25, 0.3) is 10.9 Å². The molecule has 4 atom stereocenters. The van der Waals surface area contributed by atoms with E-state index in [1.54, 1.807) is 6.21 Å². The van der Waals surface area contributed by atoms with Crippen molar-refractivity contribution in [2.24, 2.45) is 28.8 Å². The van der Waals surface area contributed by atoms with E-state index in [-0.39, 0.29) is 47.9 Å². The summed E-state index contributed by atoms with van der Waals surface area (Å²) in [5.41, 5.74) is 2.36. The number of para-hydroxylation sites is 2. The molecule has 33 heavy (non-hydrogen) atoms. The van der Waals surface area contributed by atoms with Gasteiger partial charge in [0.2, 0.25) is 5.91 Å². The van der Waals surface area contributed by atoms with E-state index >= 15 is 0 Å². The molecule has 3 aliphatic rings. The molecule has 2 aromatic carbocycles. The molecule has 0 radical (unpaired) electrons. The van der Waals surface area contributed by atoms with Gasteiger partial charge in [-0.05, 0) is 36.5 Å².